The van der Waals surface area contributed by atoms with Crippen LogP contribution < -0.4 is 5.32 Å². The van der Waals surface area contributed by atoms with Gasteiger partial charge in [-0.1, -0.05) is 6.07 Å². The highest BCUT2D eigenvalue weighted by molar-refractivity contribution is 5.43. The summed E-state index contributed by atoms with van der Waals surface area (Å²) >= 11 is 0. The number of H-pyrrole nitrogens is 1. The van der Waals surface area contributed by atoms with Gasteiger partial charge in [0.2, 0.25) is 0 Å². The summed E-state index contributed by atoms with van der Waals surface area (Å²) in [6.07, 6.45) is 1.77. The van der Waals surface area contributed by atoms with E-state index in [2.05, 4.69) is 15.3 Å². The van der Waals surface area contributed by atoms with Crippen molar-refractivity contribution in [2.45, 2.75) is 13.5 Å². The first-order chi connectivity index (χ1) is 7.24. The lowest BCUT2D eigenvalue weighted by molar-refractivity contribution is 0.628. The third-order valence-electron chi connectivity index (χ3n) is 2.06. The minimum atomic E-state index is -0.235. The van der Waals surface area contributed by atoms with Crippen LogP contribution in [0.4, 0.5) is 10.1 Å². The third kappa shape index (κ3) is 2.56. The monoisotopic (exact) mass is 205 g/mol. The van der Waals surface area contributed by atoms with Gasteiger partial charge in [0.1, 0.15) is 11.6 Å². The highest BCUT2D eigenvalue weighted by atomic mass is 19.1. The Morgan fingerprint density at radius 1 is 1.47 bits per heavy atom. The number of aromatic nitrogens is 2. The minimum absolute atomic E-state index is 0.235. The molecule has 1 aromatic heterocycles. The molecule has 1 aromatic carbocycles. The maximum Gasteiger partial charge on any atom is 0.125 e. The number of imidazole rings is 1. The predicted octanol–water partition coefficient (Wildman–Crippen LogP) is 2.47. The second-order valence-corrected chi connectivity index (χ2v) is 3.36. The fourth-order valence-electron chi connectivity index (χ4n) is 1.36. The summed E-state index contributed by atoms with van der Waals surface area (Å²) in [5.74, 6) is 0.645. The Hall–Kier alpha value is -1.84. The van der Waals surface area contributed by atoms with E-state index in [9.17, 15) is 4.39 Å². The molecule has 0 amide bonds. The van der Waals surface area contributed by atoms with Crippen LogP contribution in [0.25, 0.3) is 0 Å². The van der Waals surface area contributed by atoms with E-state index in [1.807, 2.05) is 13.0 Å². The summed E-state index contributed by atoms with van der Waals surface area (Å²) in [7, 11) is 0. The van der Waals surface area contributed by atoms with E-state index in [1.54, 1.807) is 12.3 Å². The Morgan fingerprint density at radius 3 is 3.00 bits per heavy atom. The van der Waals surface area contributed by atoms with Crippen LogP contribution >= 0.6 is 0 Å². The molecule has 0 saturated heterocycles. The molecule has 0 fully saturated rings. The highest BCUT2D eigenvalue weighted by Crippen LogP contribution is 2.10. The molecule has 2 N–H and O–H groups in total. The van der Waals surface area contributed by atoms with Crippen LogP contribution in [0.3, 0.4) is 0 Å². The van der Waals surface area contributed by atoms with Crippen LogP contribution in [-0.4, -0.2) is 9.97 Å². The molecule has 4 heteroatoms. The molecule has 0 radical (unpaired) electrons. The Kier molecular flexibility index (Phi) is 2.67. The fraction of sp³-hybridized carbons (Fsp3) is 0.182. The van der Waals surface area contributed by atoms with Gasteiger partial charge in [0, 0.05) is 5.69 Å². The largest absolute Gasteiger partial charge is 0.379 e. The summed E-state index contributed by atoms with van der Waals surface area (Å²) in [6.45, 7) is 2.51. The van der Waals surface area contributed by atoms with E-state index in [0.29, 0.717) is 6.54 Å². The van der Waals surface area contributed by atoms with Crippen LogP contribution in [0.15, 0.2) is 30.5 Å². The predicted molar refractivity (Wildman–Crippen MR) is 57.1 cm³/mol. The van der Waals surface area contributed by atoms with E-state index >= 15 is 0 Å². The zero-order chi connectivity index (χ0) is 10.7. The molecular weight excluding hydrogens is 193 g/mol. The van der Waals surface area contributed by atoms with Gasteiger partial charge in [-0.2, -0.15) is 0 Å². The Bertz CT molecular complexity index is 451. The maximum absolute atomic E-state index is 12.8. The summed E-state index contributed by atoms with van der Waals surface area (Å²) in [5.41, 5.74) is 1.75. The highest BCUT2D eigenvalue weighted by Gasteiger charge is 1.97. The lowest BCUT2D eigenvalue weighted by Crippen LogP contribution is -1.99. The standard InChI is InChI=1S/C11H12FN3/c1-8-13-6-11(15-8)7-14-10-4-2-3-9(12)5-10/h2-6,14H,7H2,1H3,(H,13,15). The molecule has 0 aliphatic rings. The molecular formula is C11H12FN3. The first kappa shape index (κ1) is 9.71. The molecule has 0 aliphatic heterocycles. The number of aromatic amines is 1. The first-order valence-electron chi connectivity index (χ1n) is 4.74. The molecule has 15 heavy (non-hydrogen) atoms. The van der Waals surface area contributed by atoms with Crippen LogP contribution in [-0.2, 0) is 6.54 Å². The van der Waals surface area contributed by atoms with Crippen LogP contribution in [0, 0.1) is 12.7 Å². The topological polar surface area (TPSA) is 40.7 Å². The van der Waals surface area contributed by atoms with Gasteiger partial charge in [0.25, 0.3) is 0 Å². The number of benzene rings is 1. The van der Waals surface area contributed by atoms with Gasteiger partial charge in [-0.3, -0.25) is 0 Å². The third-order valence-corrected chi connectivity index (χ3v) is 2.06. The molecule has 2 aromatic rings. The molecule has 1 heterocycles. The normalized spacial score (nSPS) is 10.3. The van der Waals surface area contributed by atoms with Crippen molar-refractivity contribution in [3.63, 3.8) is 0 Å². The molecule has 0 aliphatic carbocycles. The molecule has 0 spiro atoms. The quantitative estimate of drug-likeness (QED) is 0.808. The average Bonchev–Trinajstić information content (AvgIpc) is 2.62. The Morgan fingerprint density at radius 2 is 2.33 bits per heavy atom. The zero-order valence-corrected chi connectivity index (χ0v) is 8.42. The molecule has 3 nitrogen and oxygen atoms in total. The minimum Gasteiger partial charge on any atom is -0.379 e. The number of nitrogens with one attached hydrogen (secondary N) is 2. The van der Waals surface area contributed by atoms with Crippen molar-refractivity contribution in [2.24, 2.45) is 0 Å². The van der Waals surface area contributed by atoms with Gasteiger partial charge in [-0.05, 0) is 25.1 Å². The number of hydrogen-bond donors (Lipinski definition) is 2. The second-order valence-electron chi connectivity index (χ2n) is 3.36. The van der Waals surface area contributed by atoms with Crippen molar-refractivity contribution in [1.82, 2.24) is 9.97 Å². The Labute approximate surface area is 87.4 Å². The summed E-state index contributed by atoms with van der Waals surface area (Å²) in [6, 6.07) is 6.39. The van der Waals surface area contributed by atoms with E-state index < -0.39 is 0 Å². The van der Waals surface area contributed by atoms with E-state index in [-0.39, 0.29) is 5.82 Å². The van der Waals surface area contributed by atoms with Crippen molar-refractivity contribution in [2.75, 3.05) is 5.32 Å². The Balaban J connectivity index is 1.99. The molecule has 0 unspecified atom stereocenters. The van der Waals surface area contributed by atoms with Crippen molar-refractivity contribution >= 4 is 5.69 Å². The van der Waals surface area contributed by atoms with Crippen LogP contribution in [0.2, 0.25) is 0 Å². The van der Waals surface area contributed by atoms with Gasteiger partial charge in [-0.25, -0.2) is 9.37 Å². The van der Waals surface area contributed by atoms with E-state index in [1.165, 1.54) is 12.1 Å². The average molecular weight is 205 g/mol. The summed E-state index contributed by atoms with van der Waals surface area (Å²) < 4.78 is 12.8. The van der Waals surface area contributed by atoms with Gasteiger partial charge in [-0.15, -0.1) is 0 Å². The fourth-order valence-corrected chi connectivity index (χ4v) is 1.36. The van der Waals surface area contributed by atoms with E-state index in [4.69, 9.17) is 0 Å². The van der Waals surface area contributed by atoms with Crippen LogP contribution in [0.1, 0.15) is 11.5 Å². The summed E-state index contributed by atoms with van der Waals surface area (Å²) in [4.78, 5) is 7.17. The number of halogens is 1. The SMILES string of the molecule is Cc1ncc(CNc2cccc(F)c2)[nH]1. The van der Waals surface area contributed by atoms with Gasteiger partial charge < -0.3 is 10.3 Å². The smallest absolute Gasteiger partial charge is 0.125 e. The van der Waals surface area contributed by atoms with Gasteiger partial charge in [0.05, 0.1) is 18.4 Å². The zero-order valence-electron chi connectivity index (χ0n) is 8.42. The second kappa shape index (κ2) is 4.13. The van der Waals surface area contributed by atoms with Crippen molar-refractivity contribution < 1.29 is 4.39 Å². The van der Waals surface area contributed by atoms with Crippen molar-refractivity contribution in [3.8, 4) is 0 Å². The number of anilines is 1. The molecule has 0 bridgehead atoms. The number of rotatable bonds is 3. The molecule has 0 saturated carbocycles. The summed E-state index contributed by atoms with van der Waals surface area (Å²) in [5, 5.41) is 3.10. The first-order valence-corrected chi connectivity index (χ1v) is 4.74. The molecule has 2 rings (SSSR count). The number of aryl methyl sites for hydroxylation is 1. The van der Waals surface area contributed by atoms with Crippen molar-refractivity contribution in [3.05, 3.63) is 47.8 Å². The molecule has 0 atom stereocenters. The van der Waals surface area contributed by atoms with Crippen LogP contribution in [0.5, 0.6) is 0 Å². The lowest BCUT2D eigenvalue weighted by atomic mass is 10.3. The maximum atomic E-state index is 12.8. The van der Waals surface area contributed by atoms with E-state index in [0.717, 1.165) is 17.2 Å². The van der Waals surface area contributed by atoms with Crippen molar-refractivity contribution in [1.29, 1.82) is 0 Å². The lowest BCUT2D eigenvalue weighted by Gasteiger charge is -2.04. The molecule has 78 valence electrons. The number of hydrogen-bond acceptors (Lipinski definition) is 2. The van der Waals surface area contributed by atoms with Gasteiger partial charge in [0.15, 0.2) is 0 Å². The number of nitrogens with zero attached hydrogens (tertiary/aromatic N) is 1. The van der Waals surface area contributed by atoms with Gasteiger partial charge >= 0.3 is 0 Å².